The molecule has 0 spiro atoms. The average molecular weight is 262 g/mol. The van der Waals surface area contributed by atoms with E-state index in [4.69, 9.17) is 5.73 Å². The highest BCUT2D eigenvalue weighted by Gasteiger charge is 2.25. The first-order valence-electron chi connectivity index (χ1n) is 7.39. The molecule has 0 aromatic heterocycles. The molecule has 1 aromatic rings. The van der Waals surface area contributed by atoms with Crippen molar-refractivity contribution in [3.63, 3.8) is 0 Å². The number of hydrogen-bond donors (Lipinski definition) is 2. The van der Waals surface area contributed by atoms with Gasteiger partial charge in [-0.3, -0.25) is 0 Å². The van der Waals surface area contributed by atoms with Crippen LogP contribution in [0, 0.1) is 5.92 Å². The van der Waals surface area contributed by atoms with Gasteiger partial charge >= 0.3 is 0 Å². The molecule has 0 radical (unpaired) electrons. The zero-order valence-corrected chi connectivity index (χ0v) is 11.8. The molecular weight excluding hydrogens is 236 g/mol. The molecule has 1 saturated heterocycles. The van der Waals surface area contributed by atoms with Gasteiger partial charge in [0.25, 0.3) is 0 Å². The van der Waals surface area contributed by atoms with Gasteiger partial charge in [-0.25, -0.2) is 0 Å². The van der Waals surface area contributed by atoms with E-state index in [1.807, 2.05) is 18.2 Å². The minimum Gasteiger partial charge on any atom is -0.390 e. The summed E-state index contributed by atoms with van der Waals surface area (Å²) in [6.45, 7) is 5.18. The van der Waals surface area contributed by atoms with Crippen molar-refractivity contribution in [3.8, 4) is 0 Å². The molecule has 3 atom stereocenters. The summed E-state index contributed by atoms with van der Waals surface area (Å²) in [5.41, 5.74) is 7.31. The molecule has 2 rings (SSSR count). The molecule has 1 aliphatic heterocycles. The molecule has 0 bridgehead atoms. The van der Waals surface area contributed by atoms with Gasteiger partial charge in [-0.1, -0.05) is 43.7 Å². The quantitative estimate of drug-likeness (QED) is 0.819. The maximum atomic E-state index is 10.2. The van der Waals surface area contributed by atoms with E-state index in [9.17, 15) is 5.11 Å². The Bertz CT molecular complexity index is 368. The van der Waals surface area contributed by atoms with Gasteiger partial charge in [-0.15, -0.1) is 0 Å². The third-order valence-electron chi connectivity index (χ3n) is 4.20. The van der Waals surface area contributed by atoms with Gasteiger partial charge in [0, 0.05) is 19.1 Å². The minimum absolute atomic E-state index is 0.178. The van der Waals surface area contributed by atoms with Crippen LogP contribution in [-0.2, 0) is 6.42 Å². The van der Waals surface area contributed by atoms with Crippen LogP contribution in [0.3, 0.4) is 0 Å². The average Bonchev–Trinajstić information content (AvgIpc) is 2.87. The molecule has 3 heteroatoms. The summed E-state index contributed by atoms with van der Waals surface area (Å²) in [7, 11) is 0. The normalized spacial score (nSPS) is 23.4. The fourth-order valence-corrected chi connectivity index (χ4v) is 2.83. The fourth-order valence-electron chi connectivity index (χ4n) is 2.83. The Morgan fingerprint density at radius 1 is 1.37 bits per heavy atom. The summed E-state index contributed by atoms with van der Waals surface area (Å²) in [5, 5.41) is 10.2. The van der Waals surface area contributed by atoms with Gasteiger partial charge in [-0.2, -0.15) is 0 Å². The van der Waals surface area contributed by atoms with E-state index in [-0.39, 0.29) is 6.04 Å². The van der Waals surface area contributed by atoms with Gasteiger partial charge in [0.15, 0.2) is 0 Å². The predicted molar refractivity (Wildman–Crippen MR) is 79.0 cm³/mol. The minimum atomic E-state index is -0.434. The summed E-state index contributed by atoms with van der Waals surface area (Å²) in [4.78, 5) is 2.35. The lowest BCUT2D eigenvalue weighted by Crippen LogP contribution is -2.44. The van der Waals surface area contributed by atoms with Crippen molar-refractivity contribution in [1.29, 1.82) is 0 Å². The van der Waals surface area contributed by atoms with Crippen LogP contribution in [0.4, 0.5) is 0 Å². The molecule has 0 amide bonds. The molecule has 1 fully saturated rings. The van der Waals surface area contributed by atoms with E-state index < -0.39 is 6.10 Å². The first kappa shape index (κ1) is 14.5. The molecule has 1 aliphatic rings. The maximum absolute atomic E-state index is 10.2. The van der Waals surface area contributed by atoms with Gasteiger partial charge < -0.3 is 15.7 Å². The predicted octanol–water partition coefficient (Wildman–Crippen LogP) is 1.65. The molecule has 3 unspecified atom stereocenters. The lowest BCUT2D eigenvalue weighted by molar-refractivity contribution is 0.0995. The smallest absolute Gasteiger partial charge is 0.0820 e. The topological polar surface area (TPSA) is 49.5 Å². The Hall–Kier alpha value is -0.900. The monoisotopic (exact) mass is 262 g/mol. The number of aliphatic hydroxyl groups excluding tert-OH is 1. The Labute approximate surface area is 116 Å². The summed E-state index contributed by atoms with van der Waals surface area (Å²) < 4.78 is 0. The van der Waals surface area contributed by atoms with Crippen molar-refractivity contribution in [2.75, 3.05) is 19.6 Å². The number of nitrogens with zero attached hydrogens (tertiary/aromatic N) is 1. The molecule has 19 heavy (non-hydrogen) atoms. The highest BCUT2D eigenvalue weighted by atomic mass is 16.3. The van der Waals surface area contributed by atoms with E-state index in [1.54, 1.807) is 0 Å². The highest BCUT2D eigenvalue weighted by molar-refractivity contribution is 5.16. The Morgan fingerprint density at radius 2 is 2.11 bits per heavy atom. The molecule has 0 saturated carbocycles. The number of benzene rings is 1. The number of likely N-dealkylation sites (tertiary alicyclic amines) is 1. The van der Waals surface area contributed by atoms with E-state index in [2.05, 4.69) is 24.0 Å². The molecule has 106 valence electrons. The summed E-state index contributed by atoms with van der Waals surface area (Å²) in [6, 6.07) is 9.98. The van der Waals surface area contributed by atoms with Crippen molar-refractivity contribution >= 4 is 0 Å². The highest BCUT2D eigenvalue weighted by Crippen LogP contribution is 2.19. The second-order valence-corrected chi connectivity index (χ2v) is 5.74. The molecule has 0 aliphatic carbocycles. The Balaban J connectivity index is 1.78. The number of hydrogen-bond acceptors (Lipinski definition) is 3. The molecule has 1 heterocycles. The van der Waals surface area contributed by atoms with Crippen LogP contribution in [0.15, 0.2) is 30.3 Å². The SMILES string of the molecule is CCC1CCN(CC(O)C(N)Cc2ccccc2)C1. The first-order valence-corrected chi connectivity index (χ1v) is 7.39. The van der Waals surface area contributed by atoms with E-state index in [1.165, 1.54) is 18.4 Å². The number of rotatable bonds is 6. The second-order valence-electron chi connectivity index (χ2n) is 5.74. The van der Waals surface area contributed by atoms with Gasteiger partial charge in [0.1, 0.15) is 0 Å². The van der Waals surface area contributed by atoms with E-state index >= 15 is 0 Å². The van der Waals surface area contributed by atoms with Crippen molar-refractivity contribution in [3.05, 3.63) is 35.9 Å². The van der Waals surface area contributed by atoms with Crippen LogP contribution in [0.5, 0.6) is 0 Å². The molecule has 3 N–H and O–H groups in total. The van der Waals surface area contributed by atoms with E-state index in [0.717, 1.165) is 25.4 Å². The van der Waals surface area contributed by atoms with Crippen molar-refractivity contribution in [2.45, 2.75) is 38.3 Å². The zero-order chi connectivity index (χ0) is 13.7. The lowest BCUT2D eigenvalue weighted by Gasteiger charge is -2.24. The van der Waals surface area contributed by atoms with Crippen molar-refractivity contribution < 1.29 is 5.11 Å². The number of nitrogens with two attached hydrogens (primary N) is 1. The summed E-state index contributed by atoms with van der Waals surface area (Å²) in [5.74, 6) is 0.803. The fraction of sp³-hybridized carbons (Fsp3) is 0.625. The van der Waals surface area contributed by atoms with Crippen molar-refractivity contribution in [2.24, 2.45) is 11.7 Å². The zero-order valence-electron chi connectivity index (χ0n) is 11.8. The van der Waals surface area contributed by atoms with Crippen LogP contribution in [0.1, 0.15) is 25.3 Å². The van der Waals surface area contributed by atoms with Gasteiger partial charge in [-0.05, 0) is 30.9 Å². The van der Waals surface area contributed by atoms with Crippen LogP contribution in [0.2, 0.25) is 0 Å². The lowest BCUT2D eigenvalue weighted by atomic mass is 10.0. The summed E-state index contributed by atoms with van der Waals surface area (Å²) in [6.07, 6.45) is 2.81. The van der Waals surface area contributed by atoms with Crippen LogP contribution < -0.4 is 5.73 Å². The third kappa shape index (κ3) is 4.30. The third-order valence-corrected chi connectivity index (χ3v) is 4.20. The largest absolute Gasteiger partial charge is 0.390 e. The number of aliphatic hydroxyl groups is 1. The van der Waals surface area contributed by atoms with Gasteiger partial charge in [0.2, 0.25) is 0 Å². The second kappa shape index (κ2) is 7.04. The molecule has 1 aromatic carbocycles. The molecule has 3 nitrogen and oxygen atoms in total. The van der Waals surface area contributed by atoms with Crippen LogP contribution in [-0.4, -0.2) is 41.8 Å². The Kier molecular flexibility index (Phi) is 5.37. The first-order chi connectivity index (χ1) is 9.19. The van der Waals surface area contributed by atoms with Crippen molar-refractivity contribution in [1.82, 2.24) is 4.90 Å². The summed E-state index contributed by atoms with van der Waals surface area (Å²) >= 11 is 0. The molecular formula is C16H26N2O. The van der Waals surface area contributed by atoms with Crippen LogP contribution >= 0.6 is 0 Å². The maximum Gasteiger partial charge on any atom is 0.0820 e. The van der Waals surface area contributed by atoms with Gasteiger partial charge in [0.05, 0.1) is 6.10 Å². The Morgan fingerprint density at radius 3 is 2.74 bits per heavy atom. The standard InChI is InChI=1S/C16H26N2O/c1-2-13-8-9-18(11-13)12-16(19)15(17)10-14-6-4-3-5-7-14/h3-7,13,15-16,19H,2,8-12,17H2,1H3. The van der Waals surface area contributed by atoms with Crippen LogP contribution in [0.25, 0.3) is 0 Å². The van der Waals surface area contributed by atoms with E-state index in [0.29, 0.717) is 6.54 Å². The number of β-amino-alcohol motifs (C(OH)–C–C–N with tert-alkyl or cyclic N) is 1.